The van der Waals surface area contributed by atoms with Gasteiger partial charge in [-0.2, -0.15) is 5.26 Å². The highest BCUT2D eigenvalue weighted by molar-refractivity contribution is 7.97. The van der Waals surface area contributed by atoms with E-state index in [4.69, 9.17) is 5.73 Å². The van der Waals surface area contributed by atoms with Crippen molar-refractivity contribution in [3.8, 4) is 17.3 Å². The van der Waals surface area contributed by atoms with Gasteiger partial charge in [0.05, 0.1) is 28.4 Å². The minimum absolute atomic E-state index is 0.0979. The molecule has 0 bridgehead atoms. The minimum atomic E-state index is -3.99. The first-order valence-electron chi connectivity index (χ1n) is 9.90. The van der Waals surface area contributed by atoms with Crippen LogP contribution in [0.25, 0.3) is 11.3 Å². The van der Waals surface area contributed by atoms with Crippen molar-refractivity contribution in [3.05, 3.63) is 71.3 Å². The van der Waals surface area contributed by atoms with Gasteiger partial charge in [0.25, 0.3) is 0 Å². The molecular formula is C22H20FN4O6PS. The summed E-state index contributed by atoms with van der Waals surface area (Å²) in [6.45, 7) is 0. The lowest BCUT2D eigenvalue weighted by atomic mass is 10.0. The molecule has 0 radical (unpaired) electrons. The van der Waals surface area contributed by atoms with Crippen LogP contribution < -0.4 is 5.73 Å². The van der Waals surface area contributed by atoms with Crippen molar-refractivity contribution in [3.63, 3.8) is 0 Å². The number of nitrogens with two attached hydrogens (primary N) is 1. The summed E-state index contributed by atoms with van der Waals surface area (Å²) in [4.78, 5) is 20.9. The van der Waals surface area contributed by atoms with Gasteiger partial charge in [-0.3, -0.25) is 9.36 Å². The Bertz CT molecular complexity index is 1460. The second-order valence-corrected chi connectivity index (χ2v) is 11.9. The summed E-state index contributed by atoms with van der Waals surface area (Å²) in [5.41, 5.74) is 5.67. The van der Waals surface area contributed by atoms with Gasteiger partial charge in [0.2, 0.25) is 0 Å². The number of carbonyl (C=O) groups is 1. The van der Waals surface area contributed by atoms with Crippen LogP contribution in [0, 0.1) is 17.1 Å². The van der Waals surface area contributed by atoms with Gasteiger partial charge < -0.3 is 14.8 Å². The number of anilines is 1. The molecule has 0 aliphatic carbocycles. The number of aromatic nitrogens is 2. The van der Waals surface area contributed by atoms with E-state index < -0.39 is 34.5 Å². The highest BCUT2D eigenvalue weighted by Crippen LogP contribution is 2.48. The number of halogens is 1. The van der Waals surface area contributed by atoms with Crippen LogP contribution in [0.5, 0.6) is 0 Å². The highest BCUT2D eigenvalue weighted by Gasteiger charge is 2.31. The van der Waals surface area contributed by atoms with Gasteiger partial charge in [-0.05, 0) is 35.9 Å². The van der Waals surface area contributed by atoms with Crippen molar-refractivity contribution >= 4 is 29.0 Å². The second-order valence-electron chi connectivity index (χ2n) is 7.25. The van der Waals surface area contributed by atoms with Gasteiger partial charge in [0.1, 0.15) is 11.5 Å². The van der Waals surface area contributed by atoms with Gasteiger partial charge in [-0.25, -0.2) is 22.8 Å². The Balaban J connectivity index is 1.85. The average Bonchev–Trinajstić information content (AvgIpc) is 2.84. The third-order valence-electron chi connectivity index (χ3n) is 4.97. The highest BCUT2D eigenvalue weighted by atomic mass is 32.2. The maximum atomic E-state index is 13.7. The van der Waals surface area contributed by atoms with Crippen molar-refractivity contribution in [2.75, 3.05) is 25.4 Å². The number of hydrogen-bond acceptors (Lipinski definition) is 10. The summed E-state index contributed by atoms with van der Waals surface area (Å²) in [6.07, 6.45) is 1.05. The van der Waals surface area contributed by atoms with Gasteiger partial charge in [-0.15, -0.1) is 0 Å². The number of rotatable bonds is 9. The fraction of sp³-hybridized carbons (Fsp3) is 0.182. The quantitative estimate of drug-likeness (QED) is 0.328. The summed E-state index contributed by atoms with van der Waals surface area (Å²) in [7, 11) is -5.61. The van der Waals surface area contributed by atoms with Gasteiger partial charge in [0, 0.05) is 26.2 Å². The molecule has 0 aliphatic rings. The molecule has 1 heterocycles. The molecule has 13 heteroatoms. The molecule has 0 aliphatic heterocycles. The Hall–Kier alpha value is -3.49. The van der Waals surface area contributed by atoms with Crippen LogP contribution in [0.3, 0.4) is 0 Å². The number of nitrogen functional groups attached to an aromatic ring is 1. The molecule has 182 valence electrons. The standard InChI is InChI=1S/C22H20FN4O6PS/c1-32-34(29,33-2)13-35(30,31)17-7-3-14(4-8-17)9-20(28)21-22(25)26-12-19(27-21)18-10-16(23)6-5-15(18)11-24/h3-8,10,12H,9,13H2,1-2H3,(H2,25,26). The number of sulfone groups is 1. The van der Waals surface area contributed by atoms with Gasteiger partial charge in [-0.1, -0.05) is 12.1 Å². The van der Waals surface area contributed by atoms with E-state index in [0.29, 0.717) is 5.56 Å². The van der Waals surface area contributed by atoms with Crippen LogP contribution in [0.1, 0.15) is 21.6 Å². The van der Waals surface area contributed by atoms with E-state index in [1.165, 1.54) is 36.5 Å². The predicted octanol–water partition coefficient (Wildman–Crippen LogP) is 3.38. The Morgan fingerprint density at radius 2 is 1.83 bits per heavy atom. The SMILES string of the molecule is COP(=O)(CS(=O)(=O)c1ccc(CC(=O)c2nc(-c3cc(F)ccc3C#N)cnc2N)cc1)OC. The molecule has 0 saturated heterocycles. The van der Waals surface area contributed by atoms with Gasteiger partial charge >= 0.3 is 7.60 Å². The van der Waals surface area contributed by atoms with Crippen LogP contribution >= 0.6 is 7.60 Å². The van der Waals surface area contributed by atoms with E-state index in [1.54, 1.807) is 0 Å². The molecule has 2 N–H and O–H groups in total. The molecule has 0 fully saturated rings. The number of Topliss-reactive ketones (excluding diaryl/α,β-unsaturated/α-hetero) is 1. The minimum Gasteiger partial charge on any atom is -0.382 e. The molecule has 0 saturated carbocycles. The van der Waals surface area contributed by atoms with Crippen LogP contribution in [-0.4, -0.2) is 43.9 Å². The maximum Gasteiger partial charge on any atom is 0.345 e. The first-order valence-corrected chi connectivity index (χ1v) is 13.3. The number of benzene rings is 2. The third kappa shape index (κ3) is 5.96. The summed E-state index contributed by atoms with van der Waals surface area (Å²) < 4.78 is 60.4. The van der Waals surface area contributed by atoms with E-state index in [9.17, 15) is 27.4 Å². The molecule has 0 atom stereocenters. The number of nitrogens with zero attached hydrogens (tertiary/aromatic N) is 3. The van der Waals surface area contributed by atoms with E-state index in [0.717, 1.165) is 26.4 Å². The van der Waals surface area contributed by atoms with Crippen LogP contribution in [0.2, 0.25) is 0 Å². The molecule has 3 aromatic rings. The summed E-state index contributed by atoms with van der Waals surface area (Å²) in [6, 6.07) is 10.8. The Morgan fingerprint density at radius 1 is 1.17 bits per heavy atom. The molecule has 0 amide bonds. The van der Waals surface area contributed by atoms with Gasteiger partial charge in [0.15, 0.2) is 26.9 Å². The summed E-state index contributed by atoms with van der Waals surface area (Å²) >= 11 is 0. The van der Waals surface area contributed by atoms with E-state index in [-0.39, 0.29) is 39.6 Å². The first-order chi connectivity index (χ1) is 16.5. The number of hydrogen-bond donors (Lipinski definition) is 1. The lowest BCUT2D eigenvalue weighted by Crippen LogP contribution is -2.12. The number of ketones is 1. The van der Waals surface area contributed by atoms with Crippen molar-refractivity contribution < 1.29 is 31.2 Å². The molecular weight excluding hydrogens is 498 g/mol. The topological polar surface area (TPSA) is 162 Å². The van der Waals surface area contributed by atoms with Crippen molar-refractivity contribution in [2.45, 2.75) is 11.3 Å². The fourth-order valence-electron chi connectivity index (χ4n) is 3.11. The number of nitriles is 1. The average molecular weight is 518 g/mol. The van der Waals surface area contributed by atoms with Crippen LogP contribution in [-0.2, 0) is 29.9 Å². The molecule has 10 nitrogen and oxygen atoms in total. The molecule has 0 spiro atoms. The van der Waals surface area contributed by atoms with Crippen LogP contribution in [0.4, 0.5) is 10.2 Å². The van der Waals surface area contributed by atoms with E-state index in [1.807, 2.05) is 6.07 Å². The van der Waals surface area contributed by atoms with E-state index in [2.05, 4.69) is 19.0 Å². The fourth-order valence-corrected chi connectivity index (χ4v) is 6.91. The van der Waals surface area contributed by atoms with E-state index >= 15 is 0 Å². The normalized spacial score (nSPS) is 11.7. The summed E-state index contributed by atoms with van der Waals surface area (Å²) in [5.74, 6) is -1.26. The Morgan fingerprint density at radius 3 is 2.43 bits per heavy atom. The Labute approximate surface area is 201 Å². The van der Waals surface area contributed by atoms with Crippen LogP contribution in [0.15, 0.2) is 53.6 Å². The lowest BCUT2D eigenvalue weighted by molar-refractivity contribution is 0.0989. The lowest BCUT2D eigenvalue weighted by Gasteiger charge is -2.14. The maximum absolute atomic E-state index is 13.7. The number of carbonyl (C=O) groups excluding carboxylic acids is 1. The third-order valence-corrected chi connectivity index (χ3v) is 9.70. The van der Waals surface area contributed by atoms with Crippen molar-refractivity contribution in [1.29, 1.82) is 5.26 Å². The largest absolute Gasteiger partial charge is 0.382 e. The Kier molecular flexibility index (Phi) is 7.77. The molecule has 1 aromatic heterocycles. The zero-order valence-electron chi connectivity index (χ0n) is 18.6. The van der Waals surface area contributed by atoms with Crippen molar-refractivity contribution in [2.24, 2.45) is 0 Å². The molecule has 3 rings (SSSR count). The second kappa shape index (κ2) is 10.4. The summed E-state index contributed by atoms with van der Waals surface area (Å²) in [5, 5.41) is 9.28. The van der Waals surface area contributed by atoms with Crippen molar-refractivity contribution in [1.82, 2.24) is 9.97 Å². The molecule has 0 unspecified atom stereocenters. The predicted molar refractivity (Wildman–Crippen MR) is 125 cm³/mol. The smallest absolute Gasteiger partial charge is 0.345 e. The molecule has 35 heavy (non-hydrogen) atoms. The monoisotopic (exact) mass is 518 g/mol. The first kappa shape index (κ1) is 26.1. The molecule has 2 aromatic carbocycles. The zero-order valence-corrected chi connectivity index (χ0v) is 20.3. The zero-order chi connectivity index (χ0) is 25.8.